The zero-order chi connectivity index (χ0) is 18.5. The van der Waals surface area contributed by atoms with Crippen molar-refractivity contribution in [2.75, 3.05) is 39.3 Å². The molecule has 2 heterocycles. The fraction of sp³-hybridized carbons (Fsp3) is 0.700. The van der Waals surface area contributed by atoms with Crippen LogP contribution in [0.4, 0.5) is 0 Å². The van der Waals surface area contributed by atoms with Gasteiger partial charge >= 0.3 is 0 Å². The Hall–Kier alpha value is -1.09. The van der Waals surface area contributed by atoms with Crippen molar-refractivity contribution in [1.82, 2.24) is 20.5 Å². The summed E-state index contributed by atoms with van der Waals surface area (Å²) in [6.07, 6.45) is 8.42. The Kier molecular flexibility index (Phi) is 13.2. The van der Waals surface area contributed by atoms with Crippen LogP contribution in [-0.4, -0.2) is 55.2 Å². The quantitative estimate of drug-likeness (QED) is 0.241. The van der Waals surface area contributed by atoms with E-state index in [2.05, 4.69) is 32.4 Å². The summed E-state index contributed by atoms with van der Waals surface area (Å²) in [6, 6.07) is 3.94. The Balaban J connectivity index is 0.00000364. The molecule has 7 heteroatoms. The molecular weight excluding hydrogens is 453 g/mol. The Labute approximate surface area is 181 Å². The summed E-state index contributed by atoms with van der Waals surface area (Å²) < 4.78 is 5.45. The van der Waals surface area contributed by atoms with Crippen molar-refractivity contribution in [2.24, 2.45) is 4.99 Å². The van der Waals surface area contributed by atoms with Crippen LogP contribution in [0.5, 0.6) is 5.88 Å². The molecule has 0 radical (unpaired) electrons. The van der Waals surface area contributed by atoms with E-state index in [9.17, 15) is 0 Å². The zero-order valence-corrected chi connectivity index (χ0v) is 19.2. The zero-order valence-electron chi connectivity index (χ0n) is 16.9. The predicted molar refractivity (Wildman–Crippen MR) is 123 cm³/mol. The highest BCUT2D eigenvalue weighted by molar-refractivity contribution is 14.0. The fourth-order valence-electron chi connectivity index (χ4n) is 3.16. The number of nitrogens with zero attached hydrogens (tertiary/aromatic N) is 3. The lowest BCUT2D eigenvalue weighted by Gasteiger charge is -2.20. The third-order valence-corrected chi connectivity index (χ3v) is 4.50. The number of halogens is 1. The highest BCUT2D eigenvalue weighted by atomic mass is 127. The molecule has 0 amide bonds. The van der Waals surface area contributed by atoms with E-state index < -0.39 is 0 Å². The molecule has 0 atom stereocenters. The number of pyridine rings is 1. The SMILES string of the molecule is CCNC(=NCc1ccnc(OCC)c1)NCCCN1CCCCCC1.I. The molecule has 1 aliphatic rings. The smallest absolute Gasteiger partial charge is 0.213 e. The van der Waals surface area contributed by atoms with Crippen LogP contribution in [0.15, 0.2) is 23.3 Å². The van der Waals surface area contributed by atoms with E-state index in [0.717, 1.165) is 31.0 Å². The van der Waals surface area contributed by atoms with Gasteiger partial charge in [-0.05, 0) is 64.4 Å². The summed E-state index contributed by atoms with van der Waals surface area (Å²) in [5.41, 5.74) is 1.10. The molecule has 1 aromatic heterocycles. The molecule has 1 aliphatic heterocycles. The number of rotatable bonds is 9. The van der Waals surface area contributed by atoms with Gasteiger partial charge in [0.2, 0.25) is 5.88 Å². The van der Waals surface area contributed by atoms with Crippen LogP contribution < -0.4 is 15.4 Å². The Bertz CT molecular complexity index is 533. The molecule has 0 aromatic carbocycles. The molecule has 2 rings (SSSR count). The van der Waals surface area contributed by atoms with Gasteiger partial charge < -0.3 is 20.3 Å². The first-order chi connectivity index (χ1) is 12.8. The number of hydrogen-bond acceptors (Lipinski definition) is 4. The standard InChI is InChI=1S/C20H35N5O.HI/c1-3-21-20(23-11-9-15-25-13-7-5-6-8-14-25)24-17-18-10-12-22-19(16-18)26-4-2;/h10,12,16H,3-9,11,13-15,17H2,1-2H3,(H2,21,23,24);1H. The van der Waals surface area contributed by atoms with Gasteiger partial charge in [-0.25, -0.2) is 9.98 Å². The lowest BCUT2D eigenvalue weighted by molar-refractivity contribution is 0.282. The minimum absolute atomic E-state index is 0. The van der Waals surface area contributed by atoms with Gasteiger partial charge in [0.1, 0.15) is 0 Å². The average Bonchev–Trinajstić information content (AvgIpc) is 2.92. The van der Waals surface area contributed by atoms with E-state index in [1.165, 1.54) is 45.3 Å². The molecule has 6 nitrogen and oxygen atoms in total. The second-order valence-corrected chi connectivity index (χ2v) is 6.67. The summed E-state index contributed by atoms with van der Waals surface area (Å²) in [7, 11) is 0. The van der Waals surface area contributed by atoms with Crippen molar-refractivity contribution in [3.8, 4) is 5.88 Å². The van der Waals surface area contributed by atoms with Crippen molar-refractivity contribution in [3.05, 3.63) is 23.9 Å². The van der Waals surface area contributed by atoms with Crippen LogP contribution >= 0.6 is 24.0 Å². The summed E-state index contributed by atoms with van der Waals surface area (Å²) in [5.74, 6) is 1.54. The van der Waals surface area contributed by atoms with Crippen molar-refractivity contribution in [1.29, 1.82) is 0 Å². The third-order valence-electron chi connectivity index (χ3n) is 4.50. The first-order valence-corrected chi connectivity index (χ1v) is 10.1. The highest BCUT2D eigenvalue weighted by Gasteiger charge is 2.08. The third kappa shape index (κ3) is 10.1. The van der Waals surface area contributed by atoms with E-state index in [0.29, 0.717) is 19.0 Å². The molecule has 2 N–H and O–H groups in total. The Morgan fingerprint density at radius 1 is 1.19 bits per heavy atom. The summed E-state index contributed by atoms with van der Waals surface area (Å²) in [6.45, 7) is 10.8. The van der Waals surface area contributed by atoms with Gasteiger partial charge in [0.05, 0.1) is 13.2 Å². The molecule has 1 fully saturated rings. The van der Waals surface area contributed by atoms with Gasteiger partial charge in [-0.15, -0.1) is 24.0 Å². The second-order valence-electron chi connectivity index (χ2n) is 6.67. The maximum Gasteiger partial charge on any atom is 0.213 e. The van der Waals surface area contributed by atoms with E-state index in [1.54, 1.807) is 6.20 Å². The number of guanidine groups is 1. The number of ether oxygens (including phenoxy) is 1. The summed E-state index contributed by atoms with van der Waals surface area (Å²) >= 11 is 0. The van der Waals surface area contributed by atoms with Gasteiger partial charge in [-0.3, -0.25) is 0 Å². The molecule has 1 aromatic rings. The number of hydrogen-bond donors (Lipinski definition) is 2. The van der Waals surface area contributed by atoms with Crippen LogP contribution in [0, 0.1) is 0 Å². The van der Waals surface area contributed by atoms with Crippen LogP contribution in [0.1, 0.15) is 51.5 Å². The minimum Gasteiger partial charge on any atom is -0.478 e. The number of nitrogens with one attached hydrogen (secondary N) is 2. The summed E-state index contributed by atoms with van der Waals surface area (Å²) in [5, 5.41) is 6.77. The molecule has 154 valence electrons. The van der Waals surface area contributed by atoms with E-state index in [1.807, 2.05) is 19.1 Å². The summed E-state index contributed by atoms with van der Waals surface area (Å²) in [4.78, 5) is 11.5. The van der Waals surface area contributed by atoms with Gasteiger partial charge in [-0.1, -0.05) is 12.8 Å². The normalized spacial score (nSPS) is 15.6. The van der Waals surface area contributed by atoms with Gasteiger partial charge in [0.25, 0.3) is 0 Å². The van der Waals surface area contributed by atoms with Crippen molar-refractivity contribution < 1.29 is 4.74 Å². The molecule has 27 heavy (non-hydrogen) atoms. The number of aromatic nitrogens is 1. The van der Waals surface area contributed by atoms with Crippen LogP contribution in [0.25, 0.3) is 0 Å². The molecule has 0 saturated carbocycles. The van der Waals surface area contributed by atoms with E-state index in [-0.39, 0.29) is 24.0 Å². The van der Waals surface area contributed by atoms with Crippen LogP contribution in [-0.2, 0) is 6.54 Å². The molecule has 0 spiro atoms. The number of likely N-dealkylation sites (tertiary alicyclic amines) is 1. The van der Waals surface area contributed by atoms with Crippen molar-refractivity contribution >= 4 is 29.9 Å². The van der Waals surface area contributed by atoms with Gasteiger partial charge in [0.15, 0.2) is 5.96 Å². The fourth-order valence-corrected chi connectivity index (χ4v) is 3.16. The number of aliphatic imine (C=N–C) groups is 1. The largest absolute Gasteiger partial charge is 0.478 e. The van der Waals surface area contributed by atoms with E-state index in [4.69, 9.17) is 4.74 Å². The van der Waals surface area contributed by atoms with Crippen LogP contribution in [0.3, 0.4) is 0 Å². The first kappa shape index (κ1) is 23.9. The average molecular weight is 489 g/mol. The topological polar surface area (TPSA) is 61.8 Å². The van der Waals surface area contributed by atoms with Crippen molar-refractivity contribution in [2.45, 2.75) is 52.5 Å². The lowest BCUT2D eigenvalue weighted by Crippen LogP contribution is -2.39. The lowest BCUT2D eigenvalue weighted by atomic mass is 10.2. The maximum atomic E-state index is 5.45. The van der Waals surface area contributed by atoms with E-state index >= 15 is 0 Å². The van der Waals surface area contributed by atoms with Gasteiger partial charge in [-0.2, -0.15) is 0 Å². The molecule has 1 saturated heterocycles. The minimum atomic E-state index is 0. The predicted octanol–water partition coefficient (Wildman–Crippen LogP) is 3.42. The maximum absolute atomic E-state index is 5.45. The molecule has 0 aliphatic carbocycles. The highest BCUT2D eigenvalue weighted by Crippen LogP contribution is 2.10. The Morgan fingerprint density at radius 2 is 1.96 bits per heavy atom. The molecular formula is C20H36IN5O. The monoisotopic (exact) mass is 489 g/mol. The van der Waals surface area contributed by atoms with Crippen molar-refractivity contribution in [3.63, 3.8) is 0 Å². The second kappa shape index (κ2) is 14.9. The first-order valence-electron chi connectivity index (χ1n) is 10.1. The van der Waals surface area contributed by atoms with Crippen LogP contribution in [0.2, 0.25) is 0 Å². The molecule has 0 unspecified atom stereocenters. The molecule has 0 bridgehead atoms. The Morgan fingerprint density at radius 3 is 2.67 bits per heavy atom. The van der Waals surface area contributed by atoms with Gasteiger partial charge in [0, 0.05) is 25.4 Å².